The molecule has 4 bridgehead atoms. The largest absolute Gasteiger partial charge is 0.494 e. The first-order chi connectivity index (χ1) is 13.6. The molecule has 0 aromatic heterocycles. The van der Waals surface area contributed by atoms with Gasteiger partial charge < -0.3 is 14.4 Å². The Bertz CT molecular complexity index is 736. The molecule has 1 aromatic carbocycles. The highest BCUT2D eigenvalue weighted by Gasteiger charge is 2.53. The lowest BCUT2D eigenvalue weighted by molar-refractivity contribution is -0.00615. The van der Waals surface area contributed by atoms with Crippen molar-refractivity contribution >= 4 is 27.4 Å². The zero-order valence-corrected chi connectivity index (χ0v) is 18.3. The fourth-order valence-electron chi connectivity index (χ4n) is 6.94. The molecule has 28 heavy (non-hydrogen) atoms. The lowest BCUT2D eigenvalue weighted by Crippen LogP contribution is -2.49. The molecule has 152 valence electrons. The molecule has 0 spiro atoms. The summed E-state index contributed by atoms with van der Waals surface area (Å²) in [6, 6.07) is 4.23. The van der Waals surface area contributed by atoms with Crippen LogP contribution < -0.4 is 9.64 Å². The van der Waals surface area contributed by atoms with Crippen LogP contribution >= 0.6 is 15.9 Å². The minimum Gasteiger partial charge on any atom is -0.494 e. The normalized spacial score (nSPS) is 33.9. The van der Waals surface area contributed by atoms with Crippen LogP contribution in [0.4, 0.5) is 5.69 Å². The number of halogens is 1. The third kappa shape index (κ3) is 3.09. The number of ketones is 1. The lowest BCUT2D eigenvalue weighted by atomic mass is 9.48. The number of Topliss-reactive ketones (excluding diaryl/α,β-unsaturated/α-hetero) is 1. The van der Waals surface area contributed by atoms with Crippen LogP contribution in [0.1, 0.15) is 54.4 Å². The number of rotatable bonds is 5. The average Bonchev–Trinajstić information content (AvgIpc) is 2.72. The zero-order valence-electron chi connectivity index (χ0n) is 16.7. The van der Waals surface area contributed by atoms with Gasteiger partial charge in [-0.05, 0) is 73.8 Å². The summed E-state index contributed by atoms with van der Waals surface area (Å²) in [4.78, 5) is 15.0. The summed E-state index contributed by atoms with van der Waals surface area (Å²) >= 11 is 3.38. The van der Waals surface area contributed by atoms with E-state index >= 15 is 0 Å². The van der Waals surface area contributed by atoms with E-state index in [2.05, 4.69) is 33.0 Å². The van der Waals surface area contributed by atoms with E-state index in [-0.39, 0.29) is 11.2 Å². The Morgan fingerprint density at radius 1 is 1.14 bits per heavy atom. The molecule has 1 saturated heterocycles. The van der Waals surface area contributed by atoms with E-state index in [4.69, 9.17) is 9.47 Å². The van der Waals surface area contributed by atoms with Crippen LogP contribution in [-0.4, -0.2) is 44.5 Å². The Kier molecular flexibility index (Phi) is 4.95. The van der Waals surface area contributed by atoms with Crippen molar-refractivity contribution in [1.29, 1.82) is 0 Å². The van der Waals surface area contributed by atoms with Gasteiger partial charge in [-0.25, -0.2) is 0 Å². The first-order valence-electron chi connectivity index (χ1n) is 10.8. The van der Waals surface area contributed by atoms with Crippen LogP contribution in [0.15, 0.2) is 12.1 Å². The van der Waals surface area contributed by atoms with Gasteiger partial charge >= 0.3 is 0 Å². The molecule has 0 N–H and O–H groups in total. The minimum absolute atomic E-state index is 0.156. The van der Waals surface area contributed by atoms with Gasteiger partial charge in [0, 0.05) is 24.2 Å². The van der Waals surface area contributed by atoms with Crippen molar-refractivity contribution in [3.8, 4) is 5.75 Å². The summed E-state index contributed by atoms with van der Waals surface area (Å²) in [6.45, 7) is 3.16. The van der Waals surface area contributed by atoms with E-state index in [1.54, 1.807) is 7.11 Å². The molecule has 4 nitrogen and oxygen atoms in total. The molecule has 1 aliphatic heterocycles. The number of ether oxygens (including phenoxy) is 2. The third-order valence-corrected chi connectivity index (χ3v) is 8.19. The van der Waals surface area contributed by atoms with E-state index in [9.17, 15) is 4.79 Å². The fourth-order valence-corrected chi connectivity index (χ4v) is 7.26. The van der Waals surface area contributed by atoms with Crippen LogP contribution in [0.3, 0.4) is 0 Å². The Morgan fingerprint density at radius 3 is 2.29 bits per heavy atom. The van der Waals surface area contributed by atoms with Crippen LogP contribution in [-0.2, 0) is 10.2 Å². The monoisotopic (exact) mass is 447 g/mol. The Labute approximate surface area is 176 Å². The van der Waals surface area contributed by atoms with Crippen LogP contribution in [0.5, 0.6) is 5.75 Å². The van der Waals surface area contributed by atoms with Crippen LogP contribution in [0, 0.1) is 17.8 Å². The standard InChI is InChI=1S/C23H30BrNO3/c1-27-22-19(23-11-15-6-16(12-23)8-17(7-15)13-23)9-18(21(26)14-24)10-20(22)25-2-4-28-5-3-25/h9-10,15-17H,2-8,11-14H2,1H3. The number of hydrogen-bond acceptors (Lipinski definition) is 4. The number of benzene rings is 1. The average molecular weight is 448 g/mol. The number of hydrogen-bond donors (Lipinski definition) is 0. The van der Waals surface area contributed by atoms with Crippen molar-refractivity contribution in [2.75, 3.05) is 43.6 Å². The maximum absolute atomic E-state index is 12.7. The third-order valence-electron chi connectivity index (χ3n) is 7.68. The number of carbonyl (C=O) groups is 1. The second-order valence-corrected chi connectivity index (χ2v) is 9.99. The molecule has 1 aromatic rings. The van der Waals surface area contributed by atoms with Crippen molar-refractivity contribution in [1.82, 2.24) is 0 Å². The maximum atomic E-state index is 12.7. The van der Waals surface area contributed by atoms with Crippen molar-refractivity contribution in [3.63, 3.8) is 0 Å². The first kappa shape index (κ1) is 18.9. The lowest BCUT2D eigenvalue weighted by Gasteiger charge is -2.57. The fraction of sp³-hybridized carbons (Fsp3) is 0.696. The van der Waals surface area contributed by atoms with Crippen molar-refractivity contribution in [2.45, 2.75) is 43.9 Å². The predicted octanol–water partition coefficient (Wildman–Crippen LogP) is 4.58. The van der Waals surface area contributed by atoms with Gasteiger partial charge in [0.1, 0.15) is 5.75 Å². The highest BCUT2D eigenvalue weighted by atomic mass is 79.9. The second-order valence-electron chi connectivity index (χ2n) is 9.43. The van der Waals surface area contributed by atoms with E-state index < -0.39 is 0 Å². The number of morpholine rings is 1. The van der Waals surface area contributed by atoms with Gasteiger partial charge in [-0.1, -0.05) is 15.9 Å². The molecule has 0 radical (unpaired) electrons. The number of anilines is 1. The molecule has 0 atom stereocenters. The number of methoxy groups -OCH3 is 1. The highest BCUT2D eigenvalue weighted by Crippen LogP contribution is 2.62. The molecule has 5 fully saturated rings. The van der Waals surface area contributed by atoms with E-state index in [0.29, 0.717) is 5.33 Å². The summed E-state index contributed by atoms with van der Waals surface area (Å²) in [5.74, 6) is 3.74. The SMILES string of the molecule is COc1c(N2CCOCC2)cc(C(=O)CBr)cc1C12CC3CC(CC(C3)C1)C2. The van der Waals surface area contributed by atoms with E-state index in [1.165, 1.54) is 44.1 Å². The minimum atomic E-state index is 0.156. The zero-order chi connectivity index (χ0) is 19.3. The number of nitrogens with zero attached hydrogens (tertiary/aromatic N) is 1. The Hall–Kier alpha value is -1.07. The molecular formula is C23H30BrNO3. The van der Waals surface area contributed by atoms with Gasteiger partial charge in [0.2, 0.25) is 0 Å². The van der Waals surface area contributed by atoms with Gasteiger partial charge in [-0.15, -0.1) is 0 Å². The van der Waals surface area contributed by atoms with Crippen molar-refractivity contribution in [2.24, 2.45) is 17.8 Å². The molecule has 5 aliphatic rings. The summed E-state index contributed by atoms with van der Waals surface area (Å²) < 4.78 is 11.6. The molecule has 1 heterocycles. The summed E-state index contributed by atoms with van der Waals surface area (Å²) in [6.07, 6.45) is 8.05. The summed E-state index contributed by atoms with van der Waals surface area (Å²) in [7, 11) is 1.80. The van der Waals surface area contributed by atoms with Crippen molar-refractivity contribution < 1.29 is 14.3 Å². The quantitative estimate of drug-likeness (QED) is 0.489. The molecule has 4 aliphatic carbocycles. The Balaban J connectivity index is 1.64. The van der Waals surface area contributed by atoms with Crippen LogP contribution in [0.2, 0.25) is 0 Å². The molecule has 6 rings (SSSR count). The summed E-state index contributed by atoms with van der Waals surface area (Å²) in [5.41, 5.74) is 3.42. The van der Waals surface area contributed by atoms with Gasteiger partial charge in [-0.3, -0.25) is 4.79 Å². The molecule has 5 heteroatoms. The van der Waals surface area contributed by atoms with Crippen LogP contribution in [0.25, 0.3) is 0 Å². The first-order valence-corrected chi connectivity index (χ1v) is 11.9. The van der Waals surface area contributed by atoms with Gasteiger partial charge in [-0.2, -0.15) is 0 Å². The molecule has 4 saturated carbocycles. The van der Waals surface area contributed by atoms with Gasteiger partial charge in [0.25, 0.3) is 0 Å². The Morgan fingerprint density at radius 2 is 1.75 bits per heavy atom. The molecular weight excluding hydrogens is 418 g/mol. The van der Waals surface area contributed by atoms with Gasteiger partial charge in [0.15, 0.2) is 5.78 Å². The number of alkyl halides is 1. The number of carbonyl (C=O) groups excluding carboxylic acids is 1. The molecule has 0 amide bonds. The highest BCUT2D eigenvalue weighted by molar-refractivity contribution is 9.09. The topological polar surface area (TPSA) is 38.8 Å². The van der Waals surface area contributed by atoms with Gasteiger partial charge in [0.05, 0.1) is 31.3 Å². The van der Waals surface area contributed by atoms with E-state index in [1.807, 2.05) is 0 Å². The van der Waals surface area contributed by atoms with E-state index in [0.717, 1.165) is 61.1 Å². The predicted molar refractivity (Wildman–Crippen MR) is 114 cm³/mol. The van der Waals surface area contributed by atoms with Crippen molar-refractivity contribution in [3.05, 3.63) is 23.3 Å². The summed E-state index contributed by atoms with van der Waals surface area (Å²) in [5, 5.41) is 0.363. The maximum Gasteiger partial charge on any atom is 0.173 e. The second kappa shape index (κ2) is 7.32. The molecule has 0 unspecified atom stereocenters. The smallest absolute Gasteiger partial charge is 0.173 e.